The summed E-state index contributed by atoms with van der Waals surface area (Å²) in [5.41, 5.74) is 0. The molecule has 0 spiro atoms. The number of carbonyl (C=O) groups excluding carboxylic acids is 2. The van der Waals surface area contributed by atoms with Crippen molar-refractivity contribution in [2.45, 2.75) is 45.3 Å². The lowest BCUT2D eigenvalue weighted by molar-refractivity contribution is -0.156. The molecule has 0 aliphatic rings. The molecule has 0 bridgehead atoms. The van der Waals surface area contributed by atoms with Crippen LogP contribution in [0.1, 0.15) is 33.1 Å². The molecule has 6 nitrogen and oxygen atoms in total. The van der Waals surface area contributed by atoms with Gasteiger partial charge in [-0.3, -0.25) is 0 Å². The van der Waals surface area contributed by atoms with Crippen LogP contribution in [0.2, 0.25) is 0 Å². The number of aliphatic hydroxyl groups is 2. The zero-order valence-electron chi connectivity index (χ0n) is 10.2. The summed E-state index contributed by atoms with van der Waals surface area (Å²) in [4.78, 5) is 22.0. The normalized spacial score (nSPS) is 13.9. The molecule has 100 valence electrons. The lowest BCUT2D eigenvalue weighted by Gasteiger charge is -2.10. The quantitative estimate of drug-likeness (QED) is 0.464. The highest BCUT2D eigenvalue weighted by atomic mass is 16.6. The van der Waals surface area contributed by atoms with Crippen molar-refractivity contribution >= 4 is 11.9 Å². The van der Waals surface area contributed by atoms with Crippen molar-refractivity contribution in [3.8, 4) is 0 Å². The van der Waals surface area contributed by atoms with Gasteiger partial charge in [-0.15, -0.1) is 0 Å². The van der Waals surface area contributed by atoms with Gasteiger partial charge in [0.1, 0.15) is 0 Å². The first-order chi connectivity index (χ1) is 8.02. The maximum atomic E-state index is 11.0. The minimum absolute atomic E-state index is 0.0748. The van der Waals surface area contributed by atoms with Crippen molar-refractivity contribution < 1.29 is 29.3 Å². The van der Waals surface area contributed by atoms with Crippen LogP contribution in [0, 0.1) is 0 Å². The van der Waals surface area contributed by atoms with Gasteiger partial charge in [-0.2, -0.15) is 0 Å². The molecule has 17 heavy (non-hydrogen) atoms. The average molecular weight is 248 g/mol. The number of ether oxygens (including phenoxy) is 2. The van der Waals surface area contributed by atoms with Gasteiger partial charge in [0.25, 0.3) is 0 Å². The van der Waals surface area contributed by atoms with Crippen molar-refractivity contribution in [3.05, 3.63) is 0 Å². The second-order valence-electron chi connectivity index (χ2n) is 3.54. The van der Waals surface area contributed by atoms with Crippen molar-refractivity contribution in [2.24, 2.45) is 0 Å². The van der Waals surface area contributed by atoms with Gasteiger partial charge in [-0.1, -0.05) is 13.8 Å². The Labute approximate surface area is 101 Å². The van der Waals surface area contributed by atoms with E-state index in [9.17, 15) is 9.59 Å². The molecule has 0 saturated heterocycles. The second kappa shape index (κ2) is 8.95. The van der Waals surface area contributed by atoms with Crippen LogP contribution in [0.25, 0.3) is 0 Å². The Morgan fingerprint density at radius 3 is 1.59 bits per heavy atom. The van der Waals surface area contributed by atoms with Crippen LogP contribution in [0.15, 0.2) is 0 Å². The van der Waals surface area contributed by atoms with Crippen LogP contribution in [-0.4, -0.2) is 47.6 Å². The Morgan fingerprint density at radius 2 is 1.29 bits per heavy atom. The van der Waals surface area contributed by atoms with Crippen molar-refractivity contribution in [1.82, 2.24) is 0 Å². The number of esters is 2. The lowest BCUT2D eigenvalue weighted by Crippen LogP contribution is -2.24. The first-order valence-corrected chi connectivity index (χ1v) is 5.72. The number of carbonyl (C=O) groups is 2. The first kappa shape index (κ1) is 15.9. The van der Waals surface area contributed by atoms with E-state index in [2.05, 4.69) is 0 Å². The topological polar surface area (TPSA) is 93.1 Å². The highest BCUT2D eigenvalue weighted by molar-refractivity contribution is 5.74. The Kier molecular flexibility index (Phi) is 8.35. The van der Waals surface area contributed by atoms with Gasteiger partial charge in [0, 0.05) is 6.42 Å². The summed E-state index contributed by atoms with van der Waals surface area (Å²) in [6.07, 6.45) is -1.25. The van der Waals surface area contributed by atoms with Gasteiger partial charge in [0.15, 0.2) is 12.2 Å². The Morgan fingerprint density at radius 1 is 0.941 bits per heavy atom. The number of hydrogen-bond donors (Lipinski definition) is 2. The minimum Gasteiger partial charge on any atom is -0.464 e. The summed E-state index contributed by atoms with van der Waals surface area (Å²) in [7, 11) is 0. The molecule has 2 N–H and O–H groups in total. The van der Waals surface area contributed by atoms with Gasteiger partial charge in [-0.05, 0) is 12.8 Å². The highest BCUT2D eigenvalue weighted by Crippen LogP contribution is 1.97. The van der Waals surface area contributed by atoms with E-state index < -0.39 is 24.1 Å². The molecule has 0 aromatic carbocycles. The predicted molar refractivity (Wildman–Crippen MR) is 59.1 cm³/mol. The summed E-state index contributed by atoms with van der Waals surface area (Å²) >= 11 is 0. The minimum atomic E-state index is -1.10. The zero-order chi connectivity index (χ0) is 13.3. The fourth-order valence-electron chi connectivity index (χ4n) is 0.930. The zero-order valence-corrected chi connectivity index (χ0v) is 10.2. The first-order valence-electron chi connectivity index (χ1n) is 5.72. The van der Waals surface area contributed by atoms with Crippen LogP contribution in [0.5, 0.6) is 0 Å². The molecule has 0 heterocycles. The van der Waals surface area contributed by atoms with Crippen LogP contribution < -0.4 is 0 Å². The number of hydrogen-bond acceptors (Lipinski definition) is 6. The van der Waals surface area contributed by atoms with E-state index >= 15 is 0 Å². The summed E-state index contributed by atoms with van der Waals surface area (Å²) in [5.74, 6) is -1.35. The third-order valence-electron chi connectivity index (χ3n) is 2.09. The average Bonchev–Trinajstić information content (AvgIpc) is 2.35. The van der Waals surface area contributed by atoms with Crippen molar-refractivity contribution in [3.63, 3.8) is 0 Å². The van der Waals surface area contributed by atoms with Crippen molar-refractivity contribution in [1.29, 1.82) is 0 Å². The Hall–Kier alpha value is -1.14. The van der Waals surface area contributed by atoms with E-state index in [0.29, 0.717) is 19.3 Å². The molecule has 2 unspecified atom stereocenters. The van der Waals surface area contributed by atoms with E-state index in [1.54, 1.807) is 13.8 Å². The molecule has 0 rings (SSSR count). The lowest BCUT2D eigenvalue weighted by atomic mass is 10.3. The van der Waals surface area contributed by atoms with E-state index in [0.717, 1.165) is 0 Å². The van der Waals surface area contributed by atoms with Gasteiger partial charge in [-0.25, -0.2) is 9.59 Å². The van der Waals surface area contributed by atoms with Gasteiger partial charge in [0.2, 0.25) is 0 Å². The molecule has 0 aromatic rings. The standard InChI is InChI=1S/C11H20O6/c1-3-8(12)10(14)16-6-5-7-17-11(15)9(13)4-2/h8-9,12-13H,3-7H2,1-2H3. The van der Waals surface area contributed by atoms with E-state index in [1.165, 1.54) is 0 Å². The summed E-state index contributed by atoms with van der Waals surface area (Å²) < 4.78 is 9.44. The maximum absolute atomic E-state index is 11.0. The molecule has 0 radical (unpaired) electrons. The van der Waals surface area contributed by atoms with Crippen LogP contribution >= 0.6 is 0 Å². The summed E-state index contributed by atoms with van der Waals surface area (Å²) in [5, 5.41) is 18.2. The van der Waals surface area contributed by atoms with Gasteiger partial charge in [0.05, 0.1) is 13.2 Å². The van der Waals surface area contributed by atoms with Gasteiger partial charge < -0.3 is 19.7 Å². The molecular formula is C11H20O6. The number of aliphatic hydroxyl groups excluding tert-OH is 2. The van der Waals surface area contributed by atoms with E-state index in [1.807, 2.05) is 0 Å². The fourth-order valence-corrected chi connectivity index (χ4v) is 0.930. The molecule has 0 aromatic heterocycles. The third kappa shape index (κ3) is 6.91. The van der Waals surface area contributed by atoms with E-state index in [4.69, 9.17) is 19.7 Å². The maximum Gasteiger partial charge on any atom is 0.334 e. The fraction of sp³-hybridized carbons (Fsp3) is 0.818. The summed E-state index contributed by atoms with van der Waals surface area (Å²) in [6, 6.07) is 0. The van der Waals surface area contributed by atoms with Crippen LogP contribution in [0.3, 0.4) is 0 Å². The summed E-state index contributed by atoms with van der Waals surface area (Å²) in [6.45, 7) is 3.48. The molecule has 0 aliphatic heterocycles. The van der Waals surface area contributed by atoms with Crippen molar-refractivity contribution in [2.75, 3.05) is 13.2 Å². The Balaban J connectivity index is 3.53. The Bertz CT molecular complexity index is 216. The molecule has 2 atom stereocenters. The highest BCUT2D eigenvalue weighted by Gasteiger charge is 2.15. The largest absolute Gasteiger partial charge is 0.464 e. The SMILES string of the molecule is CCC(O)C(=O)OCCCOC(=O)C(O)CC. The van der Waals surface area contributed by atoms with Crippen LogP contribution in [0.4, 0.5) is 0 Å². The molecule has 0 saturated carbocycles. The molecule has 6 heteroatoms. The third-order valence-corrected chi connectivity index (χ3v) is 2.09. The second-order valence-corrected chi connectivity index (χ2v) is 3.54. The van der Waals surface area contributed by atoms with Gasteiger partial charge >= 0.3 is 11.9 Å². The number of rotatable bonds is 8. The monoisotopic (exact) mass is 248 g/mol. The van der Waals surface area contributed by atoms with E-state index in [-0.39, 0.29) is 13.2 Å². The van der Waals surface area contributed by atoms with Crippen LogP contribution in [-0.2, 0) is 19.1 Å². The predicted octanol–water partition coefficient (Wildman–Crippen LogP) is 0.00470. The molecular weight excluding hydrogens is 228 g/mol. The smallest absolute Gasteiger partial charge is 0.334 e. The molecule has 0 aliphatic carbocycles. The molecule has 0 fully saturated rings. The molecule has 0 amide bonds.